The van der Waals surface area contributed by atoms with Crippen LogP contribution in [0.5, 0.6) is 0 Å². The van der Waals surface area contributed by atoms with Crippen molar-refractivity contribution in [2.24, 2.45) is 50.2 Å². The largest absolute Gasteiger partial charge is 0.481 e. The number of carbonyl (C=O) groups excluding carboxylic acids is 1. The highest BCUT2D eigenvalue weighted by Crippen LogP contribution is 2.75. The first-order valence-corrected chi connectivity index (χ1v) is 13.6. The van der Waals surface area contributed by atoms with Gasteiger partial charge in [-0.15, -0.1) is 0 Å². The maximum Gasteiger partial charge on any atom is 0.309 e. The van der Waals surface area contributed by atoms with Gasteiger partial charge in [0.1, 0.15) is 5.78 Å². The van der Waals surface area contributed by atoms with Crippen molar-refractivity contribution < 1.29 is 14.7 Å². The van der Waals surface area contributed by atoms with Gasteiger partial charge in [0, 0.05) is 11.8 Å². The van der Waals surface area contributed by atoms with Crippen LogP contribution in [0.25, 0.3) is 0 Å². The smallest absolute Gasteiger partial charge is 0.309 e. The molecule has 0 aliphatic heterocycles. The first-order chi connectivity index (χ1) is 15.1. The van der Waals surface area contributed by atoms with Crippen LogP contribution in [0.4, 0.5) is 0 Å². The molecule has 5 rings (SSSR count). The Morgan fingerprint density at radius 3 is 2.24 bits per heavy atom. The molecule has 4 fully saturated rings. The minimum absolute atomic E-state index is 0.135. The molecule has 0 aromatic carbocycles. The van der Waals surface area contributed by atoms with Crippen molar-refractivity contribution in [3.05, 3.63) is 11.6 Å². The minimum atomic E-state index is -0.612. The molecule has 0 saturated heterocycles. The summed E-state index contributed by atoms with van der Waals surface area (Å²) in [5.41, 5.74) is 1.60. The molecule has 0 unspecified atom stereocenters. The van der Waals surface area contributed by atoms with Gasteiger partial charge in [0.15, 0.2) is 0 Å². The van der Waals surface area contributed by atoms with E-state index < -0.39 is 11.4 Å². The lowest BCUT2D eigenvalue weighted by molar-refractivity contribution is -0.185. The van der Waals surface area contributed by atoms with E-state index in [4.69, 9.17) is 0 Å². The number of rotatable bonds is 1. The average molecular weight is 455 g/mol. The fourth-order valence-electron chi connectivity index (χ4n) is 10.3. The molecule has 0 amide bonds. The zero-order valence-electron chi connectivity index (χ0n) is 22.1. The normalized spacial score (nSPS) is 53.1. The van der Waals surface area contributed by atoms with Gasteiger partial charge in [-0.3, -0.25) is 9.59 Å². The molecule has 1 N–H and O–H groups in total. The third-order valence-corrected chi connectivity index (χ3v) is 13.1. The summed E-state index contributed by atoms with van der Waals surface area (Å²) in [6.45, 7) is 16.5. The van der Waals surface area contributed by atoms with Gasteiger partial charge in [-0.1, -0.05) is 53.2 Å². The summed E-state index contributed by atoms with van der Waals surface area (Å²) in [6.07, 6.45) is 12.9. The summed E-state index contributed by atoms with van der Waals surface area (Å²) in [7, 11) is 0. The third-order valence-electron chi connectivity index (χ3n) is 13.1. The monoisotopic (exact) mass is 454 g/mol. The summed E-state index contributed by atoms with van der Waals surface area (Å²) in [5, 5.41) is 10.1. The number of Topliss-reactive ketones (excluding diaryl/α,β-unsaturated/α-hetero) is 1. The van der Waals surface area contributed by atoms with Crippen LogP contribution in [0.15, 0.2) is 11.6 Å². The number of aliphatic carboxylic acids is 1. The summed E-state index contributed by atoms with van der Waals surface area (Å²) in [5.74, 6) is 1.32. The molecular formula is C30H46O3. The fraction of sp³-hybridized carbons (Fsp3) is 0.867. The first kappa shape index (κ1) is 23.6. The molecule has 0 spiro atoms. The van der Waals surface area contributed by atoms with Gasteiger partial charge in [0.05, 0.1) is 5.41 Å². The maximum absolute atomic E-state index is 12.9. The number of carbonyl (C=O) groups is 2. The number of carboxylic acids is 1. The molecule has 5 aliphatic carbocycles. The van der Waals surface area contributed by atoms with Crippen LogP contribution < -0.4 is 0 Å². The lowest BCUT2D eigenvalue weighted by atomic mass is 9.33. The zero-order chi connectivity index (χ0) is 24.2. The number of ketones is 1. The van der Waals surface area contributed by atoms with Crippen LogP contribution in [0.1, 0.15) is 113 Å². The molecule has 33 heavy (non-hydrogen) atoms. The van der Waals surface area contributed by atoms with E-state index in [0.29, 0.717) is 23.5 Å². The van der Waals surface area contributed by atoms with Crippen LogP contribution in [0.3, 0.4) is 0 Å². The topological polar surface area (TPSA) is 54.4 Å². The molecule has 3 nitrogen and oxygen atoms in total. The van der Waals surface area contributed by atoms with E-state index >= 15 is 0 Å². The van der Waals surface area contributed by atoms with Crippen LogP contribution in [-0.4, -0.2) is 16.9 Å². The van der Waals surface area contributed by atoms with E-state index in [0.717, 1.165) is 44.9 Å². The fourth-order valence-corrected chi connectivity index (χ4v) is 10.3. The van der Waals surface area contributed by atoms with Gasteiger partial charge in [-0.2, -0.15) is 0 Å². The number of hydrogen-bond acceptors (Lipinski definition) is 2. The quantitative estimate of drug-likeness (QED) is 0.419. The van der Waals surface area contributed by atoms with E-state index in [-0.39, 0.29) is 27.1 Å². The molecule has 5 aliphatic rings. The van der Waals surface area contributed by atoms with Crippen molar-refractivity contribution in [3.63, 3.8) is 0 Å². The zero-order valence-corrected chi connectivity index (χ0v) is 22.1. The Hall–Kier alpha value is -1.12. The Kier molecular flexibility index (Phi) is 4.83. The summed E-state index contributed by atoms with van der Waals surface area (Å²) >= 11 is 0. The van der Waals surface area contributed by atoms with Gasteiger partial charge in [0.2, 0.25) is 0 Å². The second-order valence-corrected chi connectivity index (χ2v) is 14.7. The molecule has 0 heterocycles. The second-order valence-electron chi connectivity index (χ2n) is 14.7. The molecule has 0 aromatic rings. The van der Waals surface area contributed by atoms with E-state index in [1.165, 1.54) is 19.3 Å². The molecule has 0 aromatic heterocycles. The number of hydrogen-bond donors (Lipinski definition) is 1. The Morgan fingerprint density at radius 1 is 0.909 bits per heavy atom. The molecule has 8 atom stereocenters. The molecule has 4 saturated carbocycles. The van der Waals surface area contributed by atoms with Gasteiger partial charge >= 0.3 is 5.97 Å². The lowest BCUT2D eigenvalue weighted by Gasteiger charge is -2.70. The summed E-state index contributed by atoms with van der Waals surface area (Å²) in [6, 6.07) is 0. The standard InChI is InChI=1S/C30H46O3/c1-25(2)21-10-13-30(7)22(28(21,5)12-11-23(25)31)9-8-19-20-18-27(4,24(32)33)15-14-26(20,3)16-17-29(19,30)6/h8,20-22H,9-18H2,1-7H3,(H,32,33)/t20-,21+,22-,26-,27-,28+,29-,30-/m1/s1. The van der Waals surface area contributed by atoms with E-state index in [9.17, 15) is 14.7 Å². The number of carboxylic acid groups (broad SMARTS) is 1. The molecular weight excluding hydrogens is 408 g/mol. The molecule has 0 radical (unpaired) electrons. The predicted molar refractivity (Wildman–Crippen MR) is 132 cm³/mol. The highest BCUT2D eigenvalue weighted by molar-refractivity contribution is 5.85. The minimum Gasteiger partial charge on any atom is -0.481 e. The van der Waals surface area contributed by atoms with Gasteiger partial charge < -0.3 is 5.11 Å². The van der Waals surface area contributed by atoms with Gasteiger partial charge in [-0.25, -0.2) is 0 Å². The lowest BCUT2D eigenvalue weighted by Crippen LogP contribution is -2.64. The SMILES string of the molecule is CC1(C)C(=O)CC[C@]2(C)[C@H]3CC=C4[C@H]5C[C@](C)(C(=O)O)CC[C@]5(C)CC[C@@]4(C)[C@]3(C)CC[C@@H]12. The summed E-state index contributed by atoms with van der Waals surface area (Å²) < 4.78 is 0. The van der Waals surface area contributed by atoms with Crippen molar-refractivity contribution in [3.8, 4) is 0 Å². The van der Waals surface area contributed by atoms with Gasteiger partial charge in [-0.05, 0) is 104 Å². The Bertz CT molecular complexity index is 931. The Balaban J connectivity index is 1.58. The maximum atomic E-state index is 12.9. The van der Waals surface area contributed by atoms with Crippen molar-refractivity contribution in [1.82, 2.24) is 0 Å². The van der Waals surface area contributed by atoms with Crippen molar-refractivity contribution >= 4 is 11.8 Å². The highest BCUT2D eigenvalue weighted by atomic mass is 16.4. The average Bonchev–Trinajstić information content (AvgIpc) is 2.73. The van der Waals surface area contributed by atoms with Crippen molar-refractivity contribution in [2.75, 3.05) is 0 Å². The van der Waals surface area contributed by atoms with E-state index in [2.05, 4.69) is 47.6 Å². The van der Waals surface area contributed by atoms with Crippen LogP contribution in [-0.2, 0) is 9.59 Å². The van der Waals surface area contributed by atoms with E-state index in [1.807, 2.05) is 6.92 Å². The third kappa shape index (κ3) is 2.80. The number of allylic oxidation sites excluding steroid dienone is 2. The van der Waals surface area contributed by atoms with Gasteiger partial charge in [0.25, 0.3) is 0 Å². The summed E-state index contributed by atoms with van der Waals surface area (Å²) in [4.78, 5) is 25.1. The van der Waals surface area contributed by atoms with Crippen LogP contribution >= 0.6 is 0 Å². The Labute approximate surface area is 201 Å². The van der Waals surface area contributed by atoms with Crippen molar-refractivity contribution in [2.45, 2.75) is 113 Å². The Morgan fingerprint density at radius 2 is 1.58 bits per heavy atom. The second kappa shape index (κ2) is 6.76. The number of fused-ring (bicyclic) bond motifs is 7. The van der Waals surface area contributed by atoms with Crippen LogP contribution in [0.2, 0.25) is 0 Å². The molecule has 184 valence electrons. The predicted octanol–water partition coefficient (Wildman–Crippen LogP) is 7.44. The highest BCUT2D eigenvalue weighted by Gasteiger charge is 2.68. The van der Waals surface area contributed by atoms with Crippen molar-refractivity contribution in [1.29, 1.82) is 0 Å². The molecule has 3 heteroatoms. The molecule has 0 bridgehead atoms. The van der Waals surface area contributed by atoms with Crippen LogP contribution in [0, 0.1) is 50.2 Å². The van der Waals surface area contributed by atoms with E-state index in [1.54, 1.807) is 5.57 Å². The first-order valence-electron chi connectivity index (χ1n) is 13.6.